The number of thiophene rings is 1. The first-order valence-electron chi connectivity index (χ1n) is 8.85. The van der Waals surface area contributed by atoms with Crippen LogP contribution in [0.5, 0.6) is 0 Å². The van der Waals surface area contributed by atoms with E-state index in [9.17, 15) is 34.1 Å². The third kappa shape index (κ3) is 3.80. The van der Waals surface area contributed by atoms with Gasteiger partial charge in [-0.1, -0.05) is 0 Å². The van der Waals surface area contributed by atoms with Crippen molar-refractivity contribution in [2.75, 3.05) is 26.1 Å². The largest absolute Gasteiger partial charge is 0.465 e. The highest BCUT2D eigenvalue weighted by Crippen LogP contribution is 2.34. The van der Waals surface area contributed by atoms with Crippen molar-refractivity contribution in [3.05, 3.63) is 55.4 Å². The van der Waals surface area contributed by atoms with Crippen LogP contribution < -0.4 is 5.32 Å². The van der Waals surface area contributed by atoms with Crippen LogP contribution in [0, 0.1) is 17.0 Å². The zero-order valence-corrected chi connectivity index (χ0v) is 17.7. The average Bonchev–Trinajstić information content (AvgIpc) is 3.21. The van der Waals surface area contributed by atoms with E-state index in [1.807, 2.05) is 0 Å². The highest BCUT2D eigenvalue weighted by molar-refractivity contribution is 7.18. The molecule has 0 saturated heterocycles. The number of hydrogen-bond donors (Lipinski definition) is 1. The van der Waals surface area contributed by atoms with Crippen LogP contribution in [0.25, 0.3) is 0 Å². The lowest BCUT2D eigenvalue weighted by atomic mass is 10.1. The van der Waals surface area contributed by atoms with Crippen LogP contribution in [-0.2, 0) is 14.3 Å². The number of amides is 3. The summed E-state index contributed by atoms with van der Waals surface area (Å²) >= 11 is 0.772. The van der Waals surface area contributed by atoms with Gasteiger partial charge in [-0.25, -0.2) is 9.59 Å². The van der Waals surface area contributed by atoms with Crippen molar-refractivity contribution in [3.63, 3.8) is 0 Å². The molecule has 32 heavy (non-hydrogen) atoms. The van der Waals surface area contributed by atoms with Gasteiger partial charge in [0.05, 0.1) is 35.8 Å². The zero-order chi connectivity index (χ0) is 23.7. The Kier molecular flexibility index (Phi) is 6.02. The monoisotopic (exact) mass is 461 g/mol. The number of ether oxygens (including phenoxy) is 2. The van der Waals surface area contributed by atoms with Gasteiger partial charge in [0.25, 0.3) is 17.5 Å². The molecule has 0 saturated carbocycles. The Morgan fingerprint density at radius 1 is 1.09 bits per heavy atom. The van der Waals surface area contributed by atoms with E-state index in [0.29, 0.717) is 4.90 Å². The van der Waals surface area contributed by atoms with Crippen LogP contribution in [0.1, 0.15) is 46.3 Å². The normalized spacial score (nSPS) is 12.4. The van der Waals surface area contributed by atoms with E-state index in [-0.39, 0.29) is 37.8 Å². The van der Waals surface area contributed by atoms with Crippen LogP contribution in [0.15, 0.2) is 18.2 Å². The third-order valence-corrected chi connectivity index (χ3v) is 5.81. The molecule has 166 valence electrons. The van der Waals surface area contributed by atoms with Gasteiger partial charge in [0, 0.05) is 12.1 Å². The molecule has 3 amide bonds. The van der Waals surface area contributed by atoms with Crippen LogP contribution in [0.3, 0.4) is 0 Å². The summed E-state index contributed by atoms with van der Waals surface area (Å²) in [6.45, 7) is 0.757. The summed E-state index contributed by atoms with van der Waals surface area (Å²) in [6.07, 6.45) is 0. The minimum absolute atomic E-state index is 0.0213. The molecule has 12 nitrogen and oxygen atoms in total. The van der Waals surface area contributed by atoms with Gasteiger partial charge < -0.3 is 14.8 Å². The fourth-order valence-electron chi connectivity index (χ4n) is 3.08. The average molecular weight is 461 g/mol. The molecular formula is C19H15N3O9S. The zero-order valence-electron chi connectivity index (χ0n) is 16.9. The van der Waals surface area contributed by atoms with Crippen molar-refractivity contribution >= 4 is 51.7 Å². The molecule has 0 radical (unpaired) electrons. The van der Waals surface area contributed by atoms with Crippen molar-refractivity contribution in [1.82, 2.24) is 4.90 Å². The third-order valence-electron chi connectivity index (χ3n) is 4.63. The standard InChI is InChI=1S/C19H15N3O9S/c1-8-13(18(26)30-2)15(32-14(8)19(27)31-3)20-12(23)7-21-16(24)10-5-4-9(22(28)29)6-11(10)17(21)25/h4-6H,7H2,1-3H3,(H,20,23). The Hall–Kier alpha value is -4.13. The van der Waals surface area contributed by atoms with Crippen molar-refractivity contribution in [3.8, 4) is 0 Å². The predicted octanol–water partition coefficient (Wildman–Crippen LogP) is 1.77. The number of imide groups is 1. The van der Waals surface area contributed by atoms with Crippen LogP contribution >= 0.6 is 11.3 Å². The van der Waals surface area contributed by atoms with E-state index in [0.717, 1.165) is 43.8 Å². The van der Waals surface area contributed by atoms with Gasteiger partial charge in [0.2, 0.25) is 5.91 Å². The maximum Gasteiger partial charge on any atom is 0.348 e. The summed E-state index contributed by atoms with van der Waals surface area (Å²) in [4.78, 5) is 72.6. The summed E-state index contributed by atoms with van der Waals surface area (Å²) in [7, 11) is 2.28. The number of nitro benzene ring substituents is 1. The molecule has 0 aliphatic carbocycles. The van der Waals surface area contributed by atoms with Crippen molar-refractivity contribution in [1.29, 1.82) is 0 Å². The Morgan fingerprint density at radius 3 is 2.31 bits per heavy atom. The Bertz CT molecular complexity index is 1200. The highest BCUT2D eigenvalue weighted by atomic mass is 32.1. The second-order valence-corrected chi connectivity index (χ2v) is 7.50. The molecule has 3 rings (SSSR count). The number of hydrogen-bond acceptors (Lipinski definition) is 10. The van der Waals surface area contributed by atoms with Crippen molar-refractivity contribution in [2.45, 2.75) is 6.92 Å². The quantitative estimate of drug-likeness (QED) is 0.292. The van der Waals surface area contributed by atoms with Gasteiger partial charge in [-0.3, -0.25) is 29.4 Å². The van der Waals surface area contributed by atoms with E-state index in [2.05, 4.69) is 10.1 Å². The number of nitrogens with zero attached hydrogens (tertiary/aromatic N) is 2. The Labute approximate surface area is 183 Å². The minimum Gasteiger partial charge on any atom is -0.465 e. The summed E-state index contributed by atoms with van der Waals surface area (Å²) in [5.74, 6) is -4.02. The van der Waals surface area contributed by atoms with Gasteiger partial charge in [0.1, 0.15) is 16.4 Å². The molecule has 2 heterocycles. The fraction of sp³-hybridized carbons (Fsp3) is 0.211. The van der Waals surface area contributed by atoms with E-state index >= 15 is 0 Å². The summed E-state index contributed by atoms with van der Waals surface area (Å²) < 4.78 is 9.36. The Morgan fingerprint density at radius 2 is 1.72 bits per heavy atom. The number of fused-ring (bicyclic) bond motifs is 1. The lowest BCUT2D eigenvalue weighted by Crippen LogP contribution is -2.37. The van der Waals surface area contributed by atoms with Crippen molar-refractivity contribution in [2.24, 2.45) is 0 Å². The van der Waals surface area contributed by atoms with E-state index in [1.165, 1.54) is 6.92 Å². The molecule has 13 heteroatoms. The predicted molar refractivity (Wildman–Crippen MR) is 109 cm³/mol. The number of anilines is 1. The van der Waals surface area contributed by atoms with Crippen molar-refractivity contribution < 1.29 is 38.4 Å². The molecule has 1 aromatic heterocycles. The number of benzene rings is 1. The van der Waals surface area contributed by atoms with E-state index in [1.54, 1.807) is 0 Å². The van der Waals surface area contributed by atoms with Crippen LogP contribution in [-0.4, -0.2) is 60.2 Å². The molecule has 1 aliphatic heterocycles. The summed E-state index contributed by atoms with van der Waals surface area (Å²) in [5.41, 5.74) is -0.458. The molecule has 0 fully saturated rings. The number of methoxy groups -OCH3 is 2. The van der Waals surface area contributed by atoms with Gasteiger partial charge >= 0.3 is 11.9 Å². The maximum atomic E-state index is 12.6. The first-order chi connectivity index (χ1) is 15.1. The molecule has 1 aliphatic rings. The molecular weight excluding hydrogens is 446 g/mol. The van der Waals surface area contributed by atoms with E-state index in [4.69, 9.17) is 4.74 Å². The molecule has 1 aromatic carbocycles. The lowest BCUT2D eigenvalue weighted by molar-refractivity contribution is -0.384. The number of esters is 2. The van der Waals surface area contributed by atoms with Crippen LogP contribution in [0.4, 0.5) is 10.7 Å². The second-order valence-electron chi connectivity index (χ2n) is 6.48. The fourth-order valence-corrected chi connectivity index (χ4v) is 4.21. The second kappa shape index (κ2) is 8.55. The topological polar surface area (TPSA) is 162 Å². The molecule has 0 unspecified atom stereocenters. The van der Waals surface area contributed by atoms with Gasteiger partial charge in [-0.05, 0) is 18.6 Å². The molecule has 1 N–H and O–H groups in total. The lowest BCUT2D eigenvalue weighted by Gasteiger charge is -2.13. The van der Waals surface area contributed by atoms with Gasteiger partial charge in [0.15, 0.2) is 0 Å². The minimum atomic E-state index is -0.866. The number of nitro groups is 1. The molecule has 0 spiro atoms. The smallest absolute Gasteiger partial charge is 0.348 e. The SMILES string of the molecule is COC(=O)c1sc(NC(=O)CN2C(=O)c3ccc([N+](=O)[O-])cc3C2=O)c(C(=O)OC)c1C. The molecule has 2 aromatic rings. The maximum absolute atomic E-state index is 12.6. The van der Waals surface area contributed by atoms with Gasteiger partial charge in [-0.2, -0.15) is 0 Å². The number of nitrogens with one attached hydrogen (secondary N) is 1. The number of non-ortho nitro benzene ring substituents is 1. The highest BCUT2D eigenvalue weighted by Gasteiger charge is 2.38. The number of rotatable bonds is 6. The molecule has 0 bridgehead atoms. The molecule has 0 atom stereocenters. The van der Waals surface area contributed by atoms with E-state index < -0.39 is 41.1 Å². The summed E-state index contributed by atoms with van der Waals surface area (Å²) in [5, 5.41) is 13.3. The summed E-state index contributed by atoms with van der Waals surface area (Å²) in [6, 6.07) is 3.19. The first kappa shape index (κ1) is 22.6. The number of carbonyl (C=O) groups is 5. The van der Waals surface area contributed by atoms with Crippen LogP contribution in [0.2, 0.25) is 0 Å². The van der Waals surface area contributed by atoms with Gasteiger partial charge in [-0.15, -0.1) is 11.3 Å². The number of carbonyl (C=O) groups excluding carboxylic acids is 5. The Balaban J connectivity index is 1.85. The first-order valence-corrected chi connectivity index (χ1v) is 9.66.